The molecule has 2 atom stereocenters. The summed E-state index contributed by atoms with van der Waals surface area (Å²) in [5.74, 6) is -0.483. The third-order valence-corrected chi connectivity index (χ3v) is 9.24. The first-order chi connectivity index (χ1) is 16.0. The van der Waals surface area contributed by atoms with Gasteiger partial charge in [-0.15, -0.1) is 0 Å². The summed E-state index contributed by atoms with van der Waals surface area (Å²) in [6.45, 7) is 1.76. The van der Waals surface area contributed by atoms with Gasteiger partial charge in [0.1, 0.15) is 0 Å². The zero-order chi connectivity index (χ0) is 22.8. The topological polar surface area (TPSA) is 79.8 Å². The molecule has 0 saturated carbocycles. The molecule has 5 rings (SSSR count). The number of ether oxygens (including phenoxy) is 1. The molecule has 1 aromatic heterocycles. The third kappa shape index (κ3) is 4.68. The average molecular weight is 486 g/mol. The summed E-state index contributed by atoms with van der Waals surface area (Å²) in [4.78, 5) is 20.5. The van der Waals surface area contributed by atoms with Crippen molar-refractivity contribution in [2.24, 2.45) is 5.92 Å². The zero-order valence-electron chi connectivity index (χ0n) is 18.3. The Bertz CT molecular complexity index is 1190. The summed E-state index contributed by atoms with van der Waals surface area (Å²) < 4.78 is 34.6. The minimum Gasteiger partial charge on any atom is -0.376 e. The molecular weight excluding hydrogens is 458 g/mol. The quantitative estimate of drug-likeness (QED) is 0.529. The fourth-order valence-electron chi connectivity index (χ4n) is 4.55. The summed E-state index contributed by atoms with van der Waals surface area (Å²) in [6.07, 6.45) is 3.18. The second kappa shape index (κ2) is 9.50. The number of carbonyl (C=O) groups excluding carboxylic acids is 1. The molecule has 0 spiro atoms. The fraction of sp³-hybridized carbons (Fsp3) is 0.417. The number of carbonyl (C=O) groups is 1. The summed E-state index contributed by atoms with van der Waals surface area (Å²) in [6, 6.07) is 16.3. The second-order valence-electron chi connectivity index (χ2n) is 8.56. The molecular formula is C24H27N3O4S2. The van der Waals surface area contributed by atoms with Crippen LogP contribution in [0.5, 0.6) is 0 Å². The van der Waals surface area contributed by atoms with Crippen molar-refractivity contribution in [1.82, 2.24) is 9.29 Å². The first kappa shape index (κ1) is 22.5. The maximum atomic E-state index is 13.8. The monoisotopic (exact) mass is 485 g/mol. The van der Waals surface area contributed by atoms with E-state index in [0.29, 0.717) is 37.7 Å². The van der Waals surface area contributed by atoms with Crippen molar-refractivity contribution >= 4 is 42.6 Å². The molecule has 2 aliphatic rings. The zero-order valence-corrected chi connectivity index (χ0v) is 19.9. The SMILES string of the molecule is O=C(C1CCCN(S(=O)(=O)c2ccccc2)C1)N(CC1CCCO1)c1nc2ccccc2s1. The van der Waals surface area contributed by atoms with Gasteiger partial charge in [-0.25, -0.2) is 13.4 Å². The number of nitrogens with zero attached hydrogens (tertiary/aromatic N) is 3. The van der Waals surface area contributed by atoms with E-state index in [0.717, 1.165) is 23.1 Å². The Balaban J connectivity index is 1.41. The van der Waals surface area contributed by atoms with Crippen LogP contribution in [-0.2, 0) is 19.6 Å². The Morgan fingerprint density at radius 1 is 1.09 bits per heavy atom. The van der Waals surface area contributed by atoms with Gasteiger partial charge >= 0.3 is 0 Å². The number of anilines is 1. The van der Waals surface area contributed by atoms with Crippen LogP contribution in [-0.4, -0.2) is 56.0 Å². The third-order valence-electron chi connectivity index (χ3n) is 6.30. The van der Waals surface area contributed by atoms with Crippen LogP contribution in [0, 0.1) is 5.92 Å². The molecule has 33 heavy (non-hydrogen) atoms. The van der Waals surface area contributed by atoms with Gasteiger partial charge in [0.25, 0.3) is 0 Å². The Labute approximate surface area is 198 Å². The number of rotatable bonds is 6. The van der Waals surface area contributed by atoms with Crippen LogP contribution in [0.2, 0.25) is 0 Å². The van der Waals surface area contributed by atoms with Crippen LogP contribution in [0.4, 0.5) is 5.13 Å². The Kier molecular flexibility index (Phi) is 6.47. The van der Waals surface area contributed by atoms with Crippen LogP contribution in [0.25, 0.3) is 10.2 Å². The molecule has 0 bridgehead atoms. The van der Waals surface area contributed by atoms with Crippen LogP contribution in [0.15, 0.2) is 59.5 Å². The number of sulfonamides is 1. The minimum atomic E-state index is -3.64. The lowest BCUT2D eigenvalue weighted by Crippen LogP contribution is -2.48. The predicted octanol–water partition coefficient (Wildman–Crippen LogP) is 3.91. The average Bonchev–Trinajstić information content (AvgIpc) is 3.52. The van der Waals surface area contributed by atoms with Crippen molar-refractivity contribution in [1.29, 1.82) is 0 Å². The molecule has 2 unspecified atom stereocenters. The standard InChI is InChI=1S/C24H27N3O4S2/c28-23(18-8-6-14-26(16-18)33(29,30)20-10-2-1-3-11-20)27(17-19-9-7-15-31-19)24-25-21-12-4-5-13-22(21)32-24/h1-5,10-13,18-19H,6-9,14-17H2. The highest BCUT2D eigenvalue weighted by molar-refractivity contribution is 7.89. The van der Waals surface area contributed by atoms with Crippen molar-refractivity contribution in [3.8, 4) is 0 Å². The first-order valence-electron chi connectivity index (χ1n) is 11.4. The van der Waals surface area contributed by atoms with Gasteiger partial charge in [-0.3, -0.25) is 9.69 Å². The van der Waals surface area contributed by atoms with E-state index in [4.69, 9.17) is 9.72 Å². The molecule has 2 fully saturated rings. The van der Waals surface area contributed by atoms with Crippen molar-refractivity contribution in [2.45, 2.75) is 36.7 Å². The number of para-hydroxylation sites is 1. The Morgan fingerprint density at radius 3 is 2.64 bits per heavy atom. The molecule has 2 aromatic carbocycles. The van der Waals surface area contributed by atoms with E-state index >= 15 is 0 Å². The fourth-order valence-corrected chi connectivity index (χ4v) is 7.08. The molecule has 0 aliphatic carbocycles. The van der Waals surface area contributed by atoms with Crippen molar-refractivity contribution < 1.29 is 17.9 Å². The summed E-state index contributed by atoms with van der Waals surface area (Å²) in [7, 11) is -3.64. The molecule has 1 amide bonds. The normalized spacial score (nSPS) is 21.9. The van der Waals surface area contributed by atoms with E-state index in [2.05, 4.69) is 0 Å². The van der Waals surface area contributed by atoms with E-state index in [1.165, 1.54) is 15.6 Å². The Morgan fingerprint density at radius 2 is 1.88 bits per heavy atom. The number of aromatic nitrogens is 1. The Hall–Kier alpha value is -2.33. The van der Waals surface area contributed by atoms with Crippen LogP contribution in [0.1, 0.15) is 25.7 Å². The molecule has 7 nitrogen and oxygen atoms in total. The lowest BCUT2D eigenvalue weighted by molar-refractivity contribution is -0.123. The second-order valence-corrected chi connectivity index (χ2v) is 11.5. The number of piperidine rings is 1. The van der Waals surface area contributed by atoms with Crippen molar-refractivity contribution in [2.75, 3.05) is 31.1 Å². The van der Waals surface area contributed by atoms with Gasteiger partial charge in [-0.1, -0.05) is 41.7 Å². The smallest absolute Gasteiger partial charge is 0.243 e. The van der Waals surface area contributed by atoms with E-state index in [1.54, 1.807) is 35.2 Å². The van der Waals surface area contributed by atoms with Crippen molar-refractivity contribution in [3.63, 3.8) is 0 Å². The number of hydrogen-bond donors (Lipinski definition) is 0. The summed E-state index contributed by atoms with van der Waals surface area (Å²) in [5, 5.41) is 0.653. The minimum absolute atomic E-state index is 0.0197. The lowest BCUT2D eigenvalue weighted by Gasteiger charge is -2.34. The molecule has 3 aromatic rings. The highest BCUT2D eigenvalue weighted by Gasteiger charge is 2.37. The summed E-state index contributed by atoms with van der Waals surface area (Å²) in [5.41, 5.74) is 0.861. The van der Waals surface area contributed by atoms with Crippen LogP contribution < -0.4 is 4.90 Å². The van der Waals surface area contributed by atoms with E-state index in [-0.39, 0.29) is 23.5 Å². The van der Waals surface area contributed by atoms with Crippen molar-refractivity contribution in [3.05, 3.63) is 54.6 Å². The van der Waals surface area contributed by atoms with E-state index < -0.39 is 15.9 Å². The number of thiazole rings is 1. The first-order valence-corrected chi connectivity index (χ1v) is 13.6. The molecule has 9 heteroatoms. The lowest BCUT2D eigenvalue weighted by atomic mass is 9.98. The van der Waals surface area contributed by atoms with Gasteiger partial charge in [0.05, 0.1) is 33.7 Å². The number of fused-ring (bicyclic) bond motifs is 1. The predicted molar refractivity (Wildman–Crippen MR) is 129 cm³/mol. The highest BCUT2D eigenvalue weighted by atomic mass is 32.2. The van der Waals surface area contributed by atoms with Gasteiger partial charge in [0.15, 0.2) is 5.13 Å². The molecule has 0 radical (unpaired) electrons. The summed E-state index contributed by atoms with van der Waals surface area (Å²) >= 11 is 1.49. The maximum Gasteiger partial charge on any atom is 0.243 e. The highest BCUT2D eigenvalue weighted by Crippen LogP contribution is 2.32. The number of amides is 1. The molecule has 174 valence electrons. The largest absolute Gasteiger partial charge is 0.376 e. The van der Waals surface area contributed by atoms with E-state index in [9.17, 15) is 13.2 Å². The maximum absolute atomic E-state index is 13.8. The van der Waals surface area contributed by atoms with Gasteiger partial charge < -0.3 is 4.74 Å². The van der Waals surface area contributed by atoms with Crippen LogP contribution >= 0.6 is 11.3 Å². The van der Waals surface area contributed by atoms with E-state index in [1.807, 2.05) is 24.3 Å². The van der Waals surface area contributed by atoms with Gasteiger partial charge in [-0.2, -0.15) is 4.31 Å². The molecule has 0 N–H and O–H groups in total. The van der Waals surface area contributed by atoms with Crippen LogP contribution in [0.3, 0.4) is 0 Å². The molecule has 3 heterocycles. The molecule has 2 saturated heterocycles. The van der Waals surface area contributed by atoms with Gasteiger partial charge in [0.2, 0.25) is 15.9 Å². The van der Waals surface area contributed by atoms with Gasteiger partial charge in [-0.05, 0) is 49.9 Å². The number of hydrogen-bond acceptors (Lipinski definition) is 6. The number of benzene rings is 2. The van der Waals surface area contributed by atoms with Gasteiger partial charge in [0, 0.05) is 19.7 Å². The molecule has 2 aliphatic heterocycles.